The van der Waals surface area contributed by atoms with E-state index in [-0.39, 0.29) is 0 Å². The SMILES string of the molecule is CNN(CC(C)C(C)C)c1ccc(C(C)C)cc1. The highest BCUT2D eigenvalue weighted by Crippen LogP contribution is 2.21. The van der Waals surface area contributed by atoms with Crippen molar-refractivity contribution in [3.63, 3.8) is 0 Å². The van der Waals surface area contributed by atoms with E-state index in [2.05, 4.69) is 69.3 Å². The minimum absolute atomic E-state index is 0.594. The number of nitrogens with one attached hydrogen (secondary N) is 1. The lowest BCUT2D eigenvalue weighted by atomic mass is 9.97. The fourth-order valence-electron chi connectivity index (χ4n) is 1.86. The fourth-order valence-corrected chi connectivity index (χ4v) is 1.86. The van der Waals surface area contributed by atoms with Crippen molar-refractivity contribution in [3.8, 4) is 0 Å². The molecule has 1 aromatic rings. The van der Waals surface area contributed by atoms with Crippen LogP contribution in [0.4, 0.5) is 5.69 Å². The summed E-state index contributed by atoms with van der Waals surface area (Å²) in [7, 11) is 1.99. The van der Waals surface area contributed by atoms with Crippen LogP contribution < -0.4 is 10.4 Å². The molecule has 102 valence electrons. The molecule has 0 saturated carbocycles. The second kappa shape index (κ2) is 6.79. The summed E-state index contributed by atoms with van der Waals surface area (Å²) in [5.41, 5.74) is 5.93. The van der Waals surface area contributed by atoms with Crippen LogP contribution in [0, 0.1) is 11.8 Å². The van der Waals surface area contributed by atoms with Gasteiger partial charge in [-0.1, -0.05) is 46.8 Å². The summed E-state index contributed by atoms with van der Waals surface area (Å²) in [4.78, 5) is 0. The number of anilines is 1. The Morgan fingerprint density at radius 2 is 1.56 bits per heavy atom. The maximum Gasteiger partial charge on any atom is 0.0519 e. The number of hydrazine groups is 1. The van der Waals surface area contributed by atoms with E-state index >= 15 is 0 Å². The standard InChI is InChI=1S/C16H28N2/c1-12(2)14(5)11-18(17-6)16-9-7-15(8-10-16)13(3)4/h7-10,12-14,17H,11H2,1-6H3. The van der Waals surface area contributed by atoms with Crippen LogP contribution in [0.5, 0.6) is 0 Å². The minimum atomic E-state index is 0.594. The Balaban J connectivity index is 2.76. The molecule has 2 heteroatoms. The number of hydrogen-bond acceptors (Lipinski definition) is 2. The summed E-state index contributed by atoms with van der Waals surface area (Å²) in [6.07, 6.45) is 0. The molecule has 0 aromatic heterocycles. The van der Waals surface area contributed by atoms with Crippen molar-refractivity contribution in [2.24, 2.45) is 11.8 Å². The van der Waals surface area contributed by atoms with Crippen molar-refractivity contribution in [2.75, 3.05) is 18.6 Å². The molecule has 0 fully saturated rings. The first kappa shape index (κ1) is 15.0. The van der Waals surface area contributed by atoms with Crippen molar-refractivity contribution in [3.05, 3.63) is 29.8 Å². The van der Waals surface area contributed by atoms with E-state index < -0.39 is 0 Å². The maximum atomic E-state index is 3.29. The number of benzene rings is 1. The molecule has 0 aliphatic carbocycles. The van der Waals surface area contributed by atoms with Gasteiger partial charge in [0.25, 0.3) is 0 Å². The van der Waals surface area contributed by atoms with E-state index in [1.807, 2.05) is 7.05 Å². The zero-order valence-electron chi connectivity index (χ0n) is 12.7. The monoisotopic (exact) mass is 248 g/mol. The Morgan fingerprint density at radius 1 is 1.00 bits per heavy atom. The average Bonchev–Trinajstić information content (AvgIpc) is 2.35. The molecule has 1 atom stereocenters. The topological polar surface area (TPSA) is 15.3 Å². The van der Waals surface area contributed by atoms with E-state index in [4.69, 9.17) is 0 Å². The Labute approximate surface area is 112 Å². The van der Waals surface area contributed by atoms with Crippen molar-refractivity contribution >= 4 is 5.69 Å². The van der Waals surface area contributed by atoms with Crippen LogP contribution in [0.15, 0.2) is 24.3 Å². The van der Waals surface area contributed by atoms with Gasteiger partial charge in [0.15, 0.2) is 0 Å². The lowest BCUT2D eigenvalue weighted by molar-refractivity contribution is 0.406. The molecule has 2 nitrogen and oxygen atoms in total. The molecule has 1 rings (SSSR count). The largest absolute Gasteiger partial charge is 0.308 e. The Hall–Kier alpha value is -1.02. The second-order valence-corrected chi connectivity index (χ2v) is 5.80. The van der Waals surface area contributed by atoms with Gasteiger partial charge in [-0.3, -0.25) is 0 Å². The first-order valence-electron chi connectivity index (χ1n) is 7.00. The molecule has 1 aromatic carbocycles. The maximum absolute atomic E-state index is 3.29. The third-order valence-electron chi connectivity index (χ3n) is 3.75. The lowest BCUT2D eigenvalue weighted by Gasteiger charge is -2.28. The van der Waals surface area contributed by atoms with Gasteiger partial charge in [-0.2, -0.15) is 0 Å². The van der Waals surface area contributed by atoms with Gasteiger partial charge in [-0.15, -0.1) is 0 Å². The summed E-state index contributed by atoms with van der Waals surface area (Å²) < 4.78 is 0. The highest BCUT2D eigenvalue weighted by Gasteiger charge is 2.13. The second-order valence-electron chi connectivity index (χ2n) is 5.80. The lowest BCUT2D eigenvalue weighted by Crippen LogP contribution is -2.39. The van der Waals surface area contributed by atoms with Crippen LogP contribution in [-0.2, 0) is 0 Å². The molecule has 1 N–H and O–H groups in total. The van der Waals surface area contributed by atoms with Crippen molar-refractivity contribution in [2.45, 2.75) is 40.5 Å². The van der Waals surface area contributed by atoms with Gasteiger partial charge in [-0.05, 0) is 35.4 Å². The van der Waals surface area contributed by atoms with Crippen LogP contribution in [0.25, 0.3) is 0 Å². The molecule has 18 heavy (non-hydrogen) atoms. The molecular weight excluding hydrogens is 220 g/mol. The van der Waals surface area contributed by atoms with E-state index in [0.29, 0.717) is 17.8 Å². The van der Waals surface area contributed by atoms with Crippen molar-refractivity contribution < 1.29 is 0 Å². The minimum Gasteiger partial charge on any atom is -0.308 e. The highest BCUT2D eigenvalue weighted by atomic mass is 15.5. The number of hydrogen-bond donors (Lipinski definition) is 1. The summed E-state index contributed by atoms with van der Waals surface area (Å²) in [6.45, 7) is 12.4. The zero-order chi connectivity index (χ0) is 13.7. The van der Waals surface area contributed by atoms with Crippen molar-refractivity contribution in [1.82, 2.24) is 5.43 Å². The van der Waals surface area contributed by atoms with Gasteiger partial charge in [0.05, 0.1) is 5.69 Å². The van der Waals surface area contributed by atoms with Crippen LogP contribution >= 0.6 is 0 Å². The van der Waals surface area contributed by atoms with Crippen LogP contribution in [0.2, 0.25) is 0 Å². The predicted molar refractivity (Wildman–Crippen MR) is 80.9 cm³/mol. The molecule has 0 aliphatic rings. The summed E-state index contributed by atoms with van der Waals surface area (Å²) in [5.74, 6) is 1.97. The van der Waals surface area contributed by atoms with Crippen LogP contribution in [-0.4, -0.2) is 13.6 Å². The Bertz CT molecular complexity index is 341. The highest BCUT2D eigenvalue weighted by molar-refractivity contribution is 5.47. The molecule has 0 amide bonds. The molecule has 0 spiro atoms. The van der Waals surface area contributed by atoms with Crippen LogP contribution in [0.1, 0.15) is 46.1 Å². The molecule has 0 radical (unpaired) electrons. The van der Waals surface area contributed by atoms with Gasteiger partial charge < -0.3 is 5.01 Å². The van der Waals surface area contributed by atoms with Crippen molar-refractivity contribution in [1.29, 1.82) is 0 Å². The fraction of sp³-hybridized carbons (Fsp3) is 0.625. The number of nitrogens with zero attached hydrogens (tertiary/aromatic N) is 1. The third-order valence-corrected chi connectivity index (χ3v) is 3.75. The Kier molecular flexibility index (Phi) is 5.67. The van der Waals surface area contributed by atoms with Gasteiger partial charge in [0.2, 0.25) is 0 Å². The molecule has 0 bridgehead atoms. The molecule has 0 heterocycles. The number of rotatable bonds is 6. The Morgan fingerprint density at radius 3 is 1.94 bits per heavy atom. The first-order valence-corrected chi connectivity index (χ1v) is 7.00. The zero-order valence-corrected chi connectivity index (χ0v) is 12.7. The summed E-state index contributed by atoms with van der Waals surface area (Å²) in [5, 5.41) is 2.23. The normalized spacial score (nSPS) is 13.1. The smallest absolute Gasteiger partial charge is 0.0519 e. The summed E-state index contributed by atoms with van der Waals surface area (Å²) >= 11 is 0. The average molecular weight is 248 g/mol. The molecule has 0 saturated heterocycles. The van der Waals surface area contributed by atoms with Gasteiger partial charge >= 0.3 is 0 Å². The van der Waals surface area contributed by atoms with E-state index in [1.54, 1.807) is 0 Å². The van der Waals surface area contributed by atoms with E-state index in [1.165, 1.54) is 11.3 Å². The van der Waals surface area contributed by atoms with E-state index in [9.17, 15) is 0 Å². The molecular formula is C16H28N2. The quantitative estimate of drug-likeness (QED) is 0.764. The van der Waals surface area contributed by atoms with Gasteiger partial charge in [0, 0.05) is 13.6 Å². The van der Waals surface area contributed by atoms with E-state index in [0.717, 1.165) is 6.54 Å². The first-order chi connectivity index (χ1) is 8.45. The molecule has 0 aliphatic heterocycles. The van der Waals surface area contributed by atoms with Gasteiger partial charge in [0.1, 0.15) is 0 Å². The third kappa shape index (κ3) is 4.02. The van der Waals surface area contributed by atoms with Gasteiger partial charge in [-0.25, -0.2) is 5.43 Å². The molecule has 1 unspecified atom stereocenters. The predicted octanol–water partition coefficient (Wildman–Crippen LogP) is 4.04. The van der Waals surface area contributed by atoms with Crippen LogP contribution in [0.3, 0.4) is 0 Å². The summed E-state index contributed by atoms with van der Waals surface area (Å²) in [6, 6.07) is 8.87.